The van der Waals surface area contributed by atoms with Crippen molar-refractivity contribution in [1.29, 1.82) is 0 Å². The Morgan fingerprint density at radius 3 is 2.90 bits per heavy atom. The fourth-order valence-corrected chi connectivity index (χ4v) is 3.88. The number of hydrogen-bond acceptors (Lipinski definition) is 4. The molecule has 3 rings (SSSR count). The highest BCUT2D eigenvalue weighted by Crippen LogP contribution is 2.32. The van der Waals surface area contributed by atoms with Crippen LogP contribution in [-0.2, 0) is 6.54 Å². The normalized spacial score (nSPS) is 11.3. The molecule has 0 atom stereocenters. The van der Waals surface area contributed by atoms with Gasteiger partial charge in [-0.3, -0.25) is 4.40 Å². The number of benzene rings is 1. The molecule has 0 aliphatic rings. The Balaban J connectivity index is 1.93. The van der Waals surface area contributed by atoms with Crippen molar-refractivity contribution in [1.82, 2.24) is 14.7 Å². The molecule has 2 aromatic heterocycles. The molecule has 0 bridgehead atoms. The summed E-state index contributed by atoms with van der Waals surface area (Å²) < 4.78 is 3.27. The Morgan fingerprint density at radius 1 is 1.35 bits per heavy atom. The Bertz CT molecular complexity index is 703. The van der Waals surface area contributed by atoms with Gasteiger partial charge in [0.05, 0.1) is 5.69 Å². The van der Waals surface area contributed by atoms with Crippen molar-refractivity contribution in [3.63, 3.8) is 0 Å². The van der Waals surface area contributed by atoms with Gasteiger partial charge >= 0.3 is 0 Å². The largest absolute Gasteiger partial charge is 0.311 e. The molecule has 0 radical (unpaired) electrons. The SMILES string of the molecule is CCNCc1c(Sc2ccc(Br)cc2)nc2sccn12. The lowest BCUT2D eigenvalue weighted by Crippen LogP contribution is -2.13. The van der Waals surface area contributed by atoms with E-state index in [9.17, 15) is 0 Å². The number of imidazole rings is 1. The molecule has 20 heavy (non-hydrogen) atoms. The molecular formula is C14H14BrN3S2. The summed E-state index contributed by atoms with van der Waals surface area (Å²) >= 11 is 6.85. The molecule has 0 fully saturated rings. The molecule has 0 spiro atoms. The quantitative estimate of drug-likeness (QED) is 0.723. The monoisotopic (exact) mass is 367 g/mol. The second-order valence-corrected chi connectivity index (χ2v) is 7.11. The van der Waals surface area contributed by atoms with Crippen molar-refractivity contribution in [2.24, 2.45) is 0 Å². The molecule has 0 saturated heterocycles. The molecule has 1 N–H and O–H groups in total. The van der Waals surface area contributed by atoms with E-state index in [1.54, 1.807) is 23.1 Å². The number of fused-ring (bicyclic) bond motifs is 1. The van der Waals surface area contributed by atoms with Crippen LogP contribution in [0.3, 0.4) is 0 Å². The minimum absolute atomic E-state index is 0.841. The highest BCUT2D eigenvalue weighted by atomic mass is 79.9. The number of halogens is 1. The van der Waals surface area contributed by atoms with Gasteiger partial charge in [0, 0.05) is 27.5 Å². The van der Waals surface area contributed by atoms with E-state index in [2.05, 4.69) is 68.4 Å². The molecule has 2 heterocycles. The summed E-state index contributed by atoms with van der Waals surface area (Å²) in [6.45, 7) is 3.92. The van der Waals surface area contributed by atoms with Gasteiger partial charge in [-0.05, 0) is 30.8 Å². The topological polar surface area (TPSA) is 29.3 Å². The molecule has 3 nitrogen and oxygen atoms in total. The standard InChI is InChI=1S/C14H14BrN3S2/c1-2-16-9-12-13(17-14-18(12)7-8-19-14)20-11-5-3-10(15)4-6-11/h3-8,16H,2,9H2,1H3. The smallest absolute Gasteiger partial charge is 0.194 e. The highest BCUT2D eigenvalue weighted by molar-refractivity contribution is 9.10. The number of rotatable bonds is 5. The third-order valence-corrected chi connectivity index (χ3v) is 5.21. The van der Waals surface area contributed by atoms with Gasteiger partial charge in [0.2, 0.25) is 0 Å². The first kappa shape index (κ1) is 14.1. The van der Waals surface area contributed by atoms with Gasteiger partial charge in [-0.2, -0.15) is 0 Å². The van der Waals surface area contributed by atoms with Gasteiger partial charge in [0.25, 0.3) is 0 Å². The first-order valence-corrected chi connectivity index (χ1v) is 8.85. The molecule has 6 heteroatoms. The van der Waals surface area contributed by atoms with E-state index in [0.717, 1.165) is 27.5 Å². The Hall–Kier alpha value is -0.820. The molecule has 104 valence electrons. The van der Waals surface area contributed by atoms with Gasteiger partial charge in [-0.25, -0.2) is 4.98 Å². The predicted octanol–water partition coefficient (Wildman–Crippen LogP) is 4.42. The summed E-state index contributed by atoms with van der Waals surface area (Å²) in [5, 5.41) is 6.55. The van der Waals surface area contributed by atoms with E-state index in [1.807, 2.05) is 0 Å². The second-order valence-electron chi connectivity index (χ2n) is 4.26. The summed E-state index contributed by atoms with van der Waals surface area (Å²) in [7, 11) is 0. The first-order valence-electron chi connectivity index (χ1n) is 6.36. The third kappa shape index (κ3) is 2.93. The number of aromatic nitrogens is 2. The first-order chi connectivity index (χ1) is 9.78. The lowest BCUT2D eigenvalue weighted by molar-refractivity contribution is 0.694. The minimum atomic E-state index is 0.841. The van der Waals surface area contributed by atoms with E-state index in [1.165, 1.54) is 10.6 Å². The minimum Gasteiger partial charge on any atom is -0.311 e. The molecular weight excluding hydrogens is 354 g/mol. The van der Waals surface area contributed by atoms with Crippen LogP contribution in [0, 0.1) is 0 Å². The lowest BCUT2D eigenvalue weighted by atomic mass is 10.4. The van der Waals surface area contributed by atoms with E-state index in [-0.39, 0.29) is 0 Å². The van der Waals surface area contributed by atoms with Crippen LogP contribution < -0.4 is 5.32 Å². The highest BCUT2D eigenvalue weighted by Gasteiger charge is 2.13. The van der Waals surface area contributed by atoms with E-state index in [4.69, 9.17) is 4.98 Å². The zero-order valence-corrected chi connectivity index (χ0v) is 14.2. The van der Waals surface area contributed by atoms with Crippen LogP contribution in [0.2, 0.25) is 0 Å². The Kier molecular flexibility index (Phi) is 4.45. The van der Waals surface area contributed by atoms with Crippen molar-refractivity contribution in [2.75, 3.05) is 6.54 Å². The maximum absolute atomic E-state index is 4.74. The van der Waals surface area contributed by atoms with Crippen molar-refractivity contribution < 1.29 is 0 Å². The average Bonchev–Trinajstić information content (AvgIpc) is 3.00. The van der Waals surface area contributed by atoms with Crippen LogP contribution in [-0.4, -0.2) is 15.9 Å². The average molecular weight is 368 g/mol. The molecule has 0 amide bonds. The zero-order valence-electron chi connectivity index (χ0n) is 11.0. The second kappa shape index (κ2) is 6.30. The number of nitrogens with zero attached hydrogens (tertiary/aromatic N) is 2. The molecule has 0 aliphatic carbocycles. The lowest BCUT2D eigenvalue weighted by Gasteiger charge is -2.04. The van der Waals surface area contributed by atoms with Crippen LogP contribution in [0.15, 0.2) is 50.2 Å². The number of nitrogens with one attached hydrogen (secondary N) is 1. The van der Waals surface area contributed by atoms with Crippen molar-refractivity contribution >= 4 is 44.0 Å². The summed E-state index contributed by atoms with van der Waals surface area (Å²) in [6.07, 6.45) is 2.09. The number of hydrogen-bond donors (Lipinski definition) is 1. The molecule has 3 aromatic rings. The Morgan fingerprint density at radius 2 is 2.15 bits per heavy atom. The van der Waals surface area contributed by atoms with Crippen molar-refractivity contribution in [2.45, 2.75) is 23.4 Å². The van der Waals surface area contributed by atoms with E-state index >= 15 is 0 Å². The van der Waals surface area contributed by atoms with Crippen molar-refractivity contribution in [3.8, 4) is 0 Å². The molecule has 1 aromatic carbocycles. The maximum Gasteiger partial charge on any atom is 0.194 e. The summed E-state index contributed by atoms with van der Waals surface area (Å²) in [5.41, 5.74) is 1.23. The predicted molar refractivity (Wildman–Crippen MR) is 88.7 cm³/mol. The number of thiazole rings is 1. The Labute approximate surface area is 134 Å². The fraction of sp³-hybridized carbons (Fsp3) is 0.214. The fourth-order valence-electron chi connectivity index (χ4n) is 1.91. The van der Waals surface area contributed by atoms with Crippen LogP contribution in [0.1, 0.15) is 12.6 Å². The summed E-state index contributed by atoms with van der Waals surface area (Å²) in [5.74, 6) is 0. The van der Waals surface area contributed by atoms with Crippen LogP contribution in [0.4, 0.5) is 0 Å². The van der Waals surface area contributed by atoms with Crippen molar-refractivity contribution in [3.05, 3.63) is 46.0 Å². The van der Waals surface area contributed by atoms with Gasteiger partial charge in [-0.15, -0.1) is 11.3 Å². The molecule has 0 aliphatic heterocycles. The van der Waals surface area contributed by atoms with Crippen LogP contribution >= 0.6 is 39.0 Å². The van der Waals surface area contributed by atoms with Crippen LogP contribution in [0.25, 0.3) is 4.96 Å². The molecule has 0 saturated carbocycles. The summed E-state index contributed by atoms with van der Waals surface area (Å²) in [4.78, 5) is 6.99. The third-order valence-electron chi connectivity index (χ3n) is 2.89. The van der Waals surface area contributed by atoms with Gasteiger partial charge in [-0.1, -0.05) is 34.6 Å². The van der Waals surface area contributed by atoms with Gasteiger partial charge in [0.15, 0.2) is 4.96 Å². The molecule has 0 unspecified atom stereocenters. The van der Waals surface area contributed by atoms with Gasteiger partial charge in [0.1, 0.15) is 5.03 Å². The van der Waals surface area contributed by atoms with E-state index < -0.39 is 0 Å². The zero-order chi connectivity index (χ0) is 13.9. The maximum atomic E-state index is 4.74. The van der Waals surface area contributed by atoms with Crippen LogP contribution in [0.5, 0.6) is 0 Å². The van der Waals surface area contributed by atoms with E-state index in [0.29, 0.717) is 0 Å². The van der Waals surface area contributed by atoms with Gasteiger partial charge < -0.3 is 5.32 Å². The summed E-state index contributed by atoms with van der Waals surface area (Å²) in [6, 6.07) is 8.34.